The normalized spacial score (nSPS) is 17.9. The monoisotopic (exact) mass is 417 g/mol. The Balaban J connectivity index is 1.31. The van der Waals surface area contributed by atoms with Crippen LogP contribution in [0, 0.1) is 6.92 Å². The average molecular weight is 418 g/mol. The second kappa shape index (κ2) is 8.19. The first-order valence-corrected chi connectivity index (χ1v) is 10.8. The molecule has 0 aliphatic carbocycles. The van der Waals surface area contributed by atoms with Crippen LogP contribution in [0.25, 0.3) is 11.1 Å². The Labute approximate surface area is 182 Å². The van der Waals surface area contributed by atoms with Crippen molar-refractivity contribution in [1.82, 2.24) is 14.7 Å². The fourth-order valence-corrected chi connectivity index (χ4v) is 4.39. The van der Waals surface area contributed by atoms with Crippen LogP contribution in [0.5, 0.6) is 5.75 Å². The minimum absolute atomic E-state index is 0.0392. The maximum Gasteiger partial charge on any atom is 0.258 e. The minimum Gasteiger partial charge on any atom is -0.490 e. The van der Waals surface area contributed by atoms with Crippen LogP contribution in [-0.2, 0) is 24.9 Å². The number of carbonyl (C=O) groups is 1. The predicted molar refractivity (Wildman–Crippen MR) is 118 cm³/mol. The van der Waals surface area contributed by atoms with Gasteiger partial charge in [-0.3, -0.25) is 9.48 Å². The van der Waals surface area contributed by atoms with E-state index in [-0.39, 0.29) is 12.0 Å². The second-order valence-electron chi connectivity index (χ2n) is 8.44. The number of aryl methyl sites for hydroxylation is 2. The summed E-state index contributed by atoms with van der Waals surface area (Å²) in [5, 5.41) is 4.23. The van der Waals surface area contributed by atoms with Crippen LogP contribution in [-0.4, -0.2) is 39.9 Å². The lowest BCUT2D eigenvalue weighted by molar-refractivity contribution is 0.0659. The van der Waals surface area contributed by atoms with E-state index >= 15 is 0 Å². The molecule has 1 fully saturated rings. The summed E-state index contributed by atoms with van der Waals surface area (Å²) >= 11 is 0. The molecular formula is C25H27N3O3. The molecule has 0 saturated carbocycles. The van der Waals surface area contributed by atoms with Crippen molar-refractivity contribution in [2.75, 3.05) is 13.2 Å². The van der Waals surface area contributed by atoms with Crippen LogP contribution in [0.3, 0.4) is 0 Å². The molecule has 2 aliphatic heterocycles. The fourth-order valence-electron chi connectivity index (χ4n) is 4.39. The zero-order valence-corrected chi connectivity index (χ0v) is 18.0. The van der Waals surface area contributed by atoms with Crippen molar-refractivity contribution >= 4 is 5.91 Å². The average Bonchev–Trinajstić information content (AvgIpc) is 3.51. The lowest BCUT2D eigenvalue weighted by Gasteiger charge is -2.16. The van der Waals surface area contributed by atoms with Crippen LogP contribution in [0.15, 0.2) is 48.8 Å². The smallest absolute Gasteiger partial charge is 0.258 e. The zero-order valence-electron chi connectivity index (χ0n) is 18.0. The van der Waals surface area contributed by atoms with Gasteiger partial charge in [-0.05, 0) is 48.1 Å². The minimum atomic E-state index is 0.0392. The van der Waals surface area contributed by atoms with Gasteiger partial charge in [0, 0.05) is 38.5 Å². The van der Waals surface area contributed by atoms with Crippen molar-refractivity contribution in [1.29, 1.82) is 0 Å². The molecule has 5 rings (SSSR count). The number of nitrogens with zero attached hydrogens (tertiary/aromatic N) is 3. The standard InChI is InChI=1S/C25H27N3O3/c1-17-5-10-23(31-16-21-4-3-11-30-21)24-22(17)15-28(25(24)29)13-18-6-8-19(9-7-18)20-12-26-27(2)14-20/h5-10,12,14,21H,3-4,11,13,15-16H2,1-2H3. The number of benzene rings is 2. The van der Waals surface area contributed by atoms with Gasteiger partial charge in [0.15, 0.2) is 0 Å². The lowest BCUT2D eigenvalue weighted by atomic mass is 10.0. The molecule has 6 nitrogen and oxygen atoms in total. The van der Waals surface area contributed by atoms with Crippen molar-refractivity contribution < 1.29 is 14.3 Å². The second-order valence-corrected chi connectivity index (χ2v) is 8.44. The number of rotatable bonds is 6. The molecule has 0 spiro atoms. The molecule has 1 aromatic heterocycles. The van der Waals surface area contributed by atoms with E-state index in [0.29, 0.717) is 31.0 Å². The number of amides is 1. The maximum absolute atomic E-state index is 13.3. The molecule has 1 saturated heterocycles. The predicted octanol–water partition coefficient (Wildman–Crippen LogP) is 4.11. The molecule has 31 heavy (non-hydrogen) atoms. The molecule has 3 aromatic rings. The van der Waals surface area contributed by atoms with Gasteiger partial charge >= 0.3 is 0 Å². The number of fused-ring (bicyclic) bond motifs is 1. The van der Waals surface area contributed by atoms with Crippen LogP contribution < -0.4 is 4.74 Å². The Hall–Kier alpha value is -3.12. The molecule has 6 heteroatoms. The summed E-state index contributed by atoms with van der Waals surface area (Å²) in [6, 6.07) is 12.3. The van der Waals surface area contributed by atoms with E-state index in [1.54, 1.807) is 4.68 Å². The third kappa shape index (κ3) is 3.95. The Kier molecular flexibility index (Phi) is 5.24. The number of hydrogen-bond donors (Lipinski definition) is 0. The Morgan fingerprint density at radius 1 is 1.16 bits per heavy atom. The van der Waals surface area contributed by atoms with Gasteiger partial charge in [0.1, 0.15) is 12.4 Å². The van der Waals surface area contributed by atoms with Gasteiger partial charge < -0.3 is 14.4 Å². The number of ether oxygens (including phenoxy) is 2. The molecular weight excluding hydrogens is 390 g/mol. The number of carbonyl (C=O) groups excluding carboxylic acids is 1. The van der Waals surface area contributed by atoms with Crippen LogP contribution in [0.4, 0.5) is 0 Å². The summed E-state index contributed by atoms with van der Waals surface area (Å²) in [6.07, 6.45) is 6.07. The number of hydrogen-bond acceptors (Lipinski definition) is 4. The number of aromatic nitrogens is 2. The van der Waals surface area contributed by atoms with Crippen LogP contribution in [0.2, 0.25) is 0 Å². The fraction of sp³-hybridized carbons (Fsp3) is 0.360. The van der Waals surface area contributed by atoms with Crippen LogP contribution >= 0.6 is 0 Å². The molecule has 2 aromatic carbocycles. The largest absolute Gasteiger partial charge is 0.490 e. The van der Waals surface area contributed by atoms with E-state index in [1.807, 2.05) is 36.5 Å². The van der Waals surface area contributed by atoms with Crippen molar-refractivity contribution in [2.24, 2.45) is 7.05 Å². The van der Waals surface area contributed by atoms with Crippen molar-refractivity contribution in [3.63, 3.8) is 0 Å². The molecule has 3 heterocycles. The third-order valence-corrected chi connectivity index (χ3v) is 6.17. The van der Waals surface area contributed by atoms with Gasteiger partial charge in [0.2, 0.25) is 0 Å². The van der Waals surface area contributed by atoms with Gasteiger partial charge in [-0.1, -0.05) is 30.3 Å². The van der Waals surface area contributed by atoms with E-state index in [2.05, 4.69) is 36.3 Å². The highest BCUT2D eigenvalue weighted by molar-refractivity contribution is 6.01. The first kappa shape index (κ1) is 19.8. The Bertz CT molecular complexity index is 1100. The van der Waals surface area contributed by atoms with Gasteiger partial charge in [-0.25, -0.2) is 0 Å². The van der Waals surface area contributed by atoms with E-state index in [1.165, 1.54) is 0 Å². The summed E-state index contributed by atoms with van der Waals surface area (Å²) < 4.78 is 13.5. The first-order valence-electron chi connectivity index (χ1n) is 10.8. The van der Waals surface area contributed by atoms with Gasteiger partial charge in [-0.15, -0.1) is 0 Å². The third-order valence-electron chi connectivity index (χ3n) is 6.17. The molecule has 1 atom stereocenters. The van der Waals surface area contributed by atoms with Gasteiger partial charge in [0.25, 0.3) is 5.91 Å². The molecule has 1 unspecified atom stereocenters. The molecule has 0 bridgehead atoms. The van der Waals surface area contributed by atoms with Crippen LogP contribution in [0.1, 0.15) is 39.9 Å². The summed E-state index contributed by atoms with van der Waals surface area (Å²) in [7, 11) is 1.91. The van der Waals surface area contributed by atoms with Gasteiger partial charge in [0.05, 0.1) is 17.9 Å². The van der Waals surface area contributed by atoms with E-state index < -0.39 is 0 Å². The van der Waals surface area contributed by atoms with Crippen molar-refractivity contribution in [3.05, 3.63) is 71.0 Å². The molecule has 160 valence electrons. The SMILES string of the molecule is Cc1ccc(OCC2CCCO2)c2c1CN(Cc1ccc(-c3cnn(C)c3)cc1)C2=O. The molecule has 0 N–H and O–H groups in total. The summed E-state index contributed by atoms with van der Waals surface area (Å²) in [5.74, 6) is 0.716. The molecule has 2 aliphatic rings. The molecule has 0 radical (unpaired) electrons. The highest BCUT2D eigenvalue weighted by Gasteiger charge is 2.32. The molecule has 1 amide bonds. The topological polar surface area (TPSA) is 56.6 Å². The summed E-state index contributed by atoms with van der Waals surface area (Å²) in [6.45, 7) is 4.54. The highest BCUT2D eigenvalue weighted by atomic mass is 16.5. The summed E-state index contributed by atoms with van der Waals surface area (Å²) in [5.41, 5.74) is 6.22. The Morgan fingerprint density at radius 2 is 2.00 bits per heavy atom. The van der Waals surface area contributed by atoms with E-state index in [9.17, 15) is 4.79 Å². The van der Waals surface area contributed by atoms with Crippen molar-refractivity contribution in [2.45, 2.75) is 39.0 Å². The van der Waals surface area contributed by atoms with Crippen molar-refractivity contribution in [3.8, 4) is 16.9 Å². The highest BCUT2D eigenvalue weighted by Crippen LogP contribution is 2.34. The zero-order chi connectivity index (χ0) is 21.4. The maximum atomic E-state index is 13.3. The van der Waals surface area contributed by atoms with E-state index in [4.69, 9.17) is 9.47 Å². The quantitative estimate of drug-likeness (QED) is 0.606. The first-order chi connectivity index (χ1) is 15.1. The van der Waals surface area contributed by atoms with E-state index in [0.717, 1.165) is 47.3 Å². The van der Waals surface area contributed by atoms with Gasteiger partial charge in [-0.2, -0.15) is 5.10 Å². The lowest BCUT2D eigenvalue weighted by Crippen LogP contribution is -2.24. The Morgan fingerprint density at radius 3 is 2.71 bits per heavy atom. The summed E-state index contributed by atoms with van der Waals surface area (Å²) in [4.78, 5) is 15.2.